The summed E-state index contributed by atoms with van der Waals surface area (Å²) in [7, 11) is -0.795. The standard InChI is InChI=1S/C19H23N5O4S/c1-22(2)17(25)11-23-10-15-18(19(26)21-13-6-5-7-13)20-12-24(15)14-8-3-4-9-16(14)29(23,27)28/h3-4,8-9,12-13H,5-7,10-11H2,1-2H3,(H,21,26). The summed E-state index contributed by atoms with van der Waals surface area (Å²) in [5.74, 6) is -0.668. The van der Waals surface area contributed by atoms with Gasteiger partial charge >= 0.3 is 0 Å². The molecule has 1 aliphatic carbocycles. The van der Waals surface area contributed by atoms with E-state index in [1.54, 1.807) is 36.9 Å². The van der Waals surface area contributed by atoms with Gasteiger partial charge in [0.15, 0.2) is 5.69 Å². The predicted molar refractivity (Wildman–Crippen MR) is 105 cm³/mol. The summed E-state index contributed by atoms with van der Waals surface area (Å²) in [4.78, 5) is 30.8. The summed E-state index contributed by atoms with van der Waals surface area (Å²) in [6.45, 7) is -0.442. The molecule has 0 spiro atoms. The van der Waals surface area contributed by atoms with Gasteiger partial charge in [0.25, 0.3) is 5.91 Å². The highest BCUT2D eigenvalue weighted by molar-refractivity contribution is 7.89. The first-order valence-corrected chi connectivity index (χ1v) is 10.9. The first kappa shape index (κ1) is 19.6. The number of amides is 2. The highest BCUT2D eigenvalue weighted by Gasteiger charge is 2.36. The Morgan fingerprint density at radius 2 is 1.97 bits per heavy atom. The maximum atomic E-state index is 13.3. The molecular formula is C19H23N5O4S. The highest BCUT2D eigenvalue weighted by atomic mass is 32.2. The third kappa shape index (κ3) is 3.42. The van der Waals surface area contributed by atoms with Gasteiger partial charge in [-0.25, -0.2) is 13.4 Å². The Morgan fingerprint density at radius 1 is 1.24 bits per heavy atom. The van der Waals surface area contributed by atoms with E-state index >= 15 is 0 Å². The summed E-state index contributed by atoms with van der Waals surface area (Å²) in [5.41, 5.74) is 1.05. The first-order valence-electron chi connectivity index (χ1n) is 9.46. The molecule has 1 N–H and O–H groups in total. The van der Waals surface area contributed by atoms with E-state index < -0.39 is 10.0 Å². The van der Waals surface area contributed by atoms with Gasteiger partial charge < -0.3 is 10.2 Å². The molecule has 4 rings (SSSR count). The van der Waals surface area contributed by atoms with Crippen LogP contribution >= 0.6 is 0 Å². The van der Waals surface area contributed by atoms with Gasteiger partial charge in [-0.3, -0.25) is 14.2 Å². The van der Waals surface area contributed by atoms with E-state index in [1.165, 1.54) is 17.3 Å². The van der Waals surface area contributed by atoms with E-state index in [-0.39, 0.29) is 41.5 Å². The number of hydrogen-bond acceptors (Lipinski definition) is 5. The fraction of sp³-hybridized carbons (Fsp3) is 0.421. The molecule has 154 valence electrons. The third-order valence-electron chi connectivity index (χ3n) is 5.40. The molecule has 9 nitrogen and oxygen atoms in total. The molecule has 0 atom stereocenters. The van der Waals surface area contributed by atoms with Gasteiger partial charge in [0.2, 0.25) is 15.9 Å². The number of para-hydroxylation sites is 1. The SMILES string of the molecule is CN(C)C(=O)CN1Cc2c(C(=O)NC3CCC3)ncn2-c2ccccc2S1(=O)=O. The fourth-order valence-corrected chi connectivity index (χ4v) is 4.96. The Labute approximate surface area is 169 Å². The van der Waals surface area contributed by atoms with E-state index in [2.05, 4.69) is 10.3 Å². The van der Waals surface area contributed by atoms with Crippen molar-refractivity contribution in [2.75, 3.05) is 20.6 Å². The lowest BCUT2D eigenvalue weighted by Crippen LogP contribution is -2.41. The van der Waals surface area contributed by atoms with Crippen molar-refractivity contribution in [3.05, 3.63) is 42.0 Å². The number of nitrogens with zero attached hydrogens (tertiary/aromatic N) is 4. The van der Waals surface area contributed by atoms with Crippen LogP contribution in [0.15, 0.2) is 35.5 Å². The van der Waals surface area contributed by atoms with Crippen molar-refractivity contribution in [2.24, 2.45) is 0 Å². The van der Waals surface area contributed by atoms with Crippen molar-refractivity contribution < 1.29 is 18.0 Å². The van der Waals surface area contributed by atoms with Crippen LogP contribution < -0.4 is 5.32 Å². The zero-order valence-electron chi connectivity index (χ0n) is 16.3. The lowest BCUT2D eigenvalue weighted by Gasteiger charge is -2.26. The molecule has 1 fully saturated rings. The van der Waals surface area contributed by atoms with Crippen LogP contribution in [0.2, 0.25) is 0 Å². The number of rotatable bonds is 4. The molecule has 1 aromatic heterocycles. The van der Waals surface area contributed by atoms with E-state index in [0.717, 1.165) is 23.6 Å². The summed E-state index contributed by atoms with van der Waals surface area (Å²) in [5, 5.41) is 2.95. The van der Waals surface area contributed by atoms with Crippen molar-refractivity contribution >= 4 is 21.8 Å². The number of likely N-dealkylation sites (N-methyl/N-ethyl adjacent to an activating group) is 1. The fourth-order valence-electron chi connectivity index (χ4n) is 3.43. The third-order valence-corrected chi connectivity index (χ3v) is 7.24. The maximum Gasteiger partial charge on any atom is 0.272 e. The zero-order valence-corrected chi connectivity index (χ0v) is 17.1. The molecular weight excluding hydrogens is 394 g/mol. The Morgan fingerprint density at radius 3 is 2.62 bits per heavy atom. The number of sulfonamides is 1. The Bertz CT molecular complexity index is 1070. The van der Waals surface area contributed by atoms with Gasteiger partial charge in [0.05, 0.1) is 24.5 Å². The van der Waals surface area contributed by atoms with Crippen LogP contribution in [0.25, 0.3) is 5.69 Å². The summed E-state index contributed by atoms with van der Waals surface area (Å²) >= 11 is 0. The van der Waals surface area contributed by atoms with Gasteiger partial charge in [0.1, 0.15) is 11.2 Å². The van der Waals surface area contributed by atoms with Crippen molar-refractivity contribution in [3.63, 3.8) is 0 Å². The molecule has 29 heavy (non-hydrogen) atoms. The lowest BCUT2D eigenvalue weighted by molar-refractivity contribution is -0.128. The van der Waals surface area contributed by atoms with Crippen molar-refractivity contribution in [3.8, 4) is 5.69 Å². The number of aromatic nitrogens is 2. The Balaban J connectivity index is 1.80. The van der Waals surface area contributed by atoms with Crippen LogP contribution in [-0.4, -0.2) is 65.7 Å². The molecule has 2 heterocycles. The quantitative estimate of drug-likeness (QED) is 0.790. The van der Waals surface area contributed by atoms with Crippen LogP contribution in [0.1, 0.15) is 35.4 Å². The molecule has 0 bridgehead atoms. The van der Waals surface area contributed by atoms with Crippen LogP contribution in [0.4, 0.5) is 0 Å². The second-order valence-corrected chi connectivity index (χ2v) is 9.45. The van der Waals surface area contributed by atoms with Crippen molar-refractivity contribution in [2.45, 2.75) is 36.7 Å². The number of benzene rings is 1. The topological polar surface area (TPSA) is 105 Å². The van der Waals surface area contributed by atoms with Crippen molar-refractivity contribution in [1.82, 2.24) is 24.1 Å². The maximum absolute atomic E-state index is 13.3. The minimum atomic E-state index is -3.94. The highest BCUT2D eigenvalue weighted by Crippen LogP contribution is 2.31. The molecule has 2 aliphatic rings. The molecule has 1 saturated carbocycles. The number of hydrogen-bond donors (Lipinski definition) is 1. The minimum absolute atomic E-state index is 0.0775. The number of imidazole rings is 1. The van der Waals surface area contributed by atoms with E-state index in [4.69, 9.17) is 0 Å². The van der Waals surface area contributed by atoms with E-state index in [9.17, 15) is 18.0 Å². The largest absolute Gasteiger partial charge is 0.348 e. The number of carbonyl (C=O) groups excluding carboxylic acids is 2. The summed E-state index contributed by atoms with van der Waals surface area (Å²) in [6, 6.07) is 6.67. The van der Waals surface area contributed by atoms with Gasteiger partial charge in [0, 0.05) is 20.1 Å². The van der Waals surface area contributed by atoms with Gasteiger partial charge in [-0.15, -0.1) is 0 Å². The monoisotopic (exact) mass is 417 g/mol. The normalized spacial score (nSPS) is 18.1. The smallest absolute Gasteiger partial charge is 0.272 e. The first-order chi connectivity index (χ1) is 13.8. The van der Waals surface area contributed by atoms with E-state index in [0.29, 0.717) is 11.4 Å². The average Bonchev–Trinajstić information content (AvgIpc) is 3.03. The van der Waals surface area contributed by atoms with Crippen LogP contribution in [-0.2, 0) is 21.4 Å². The molecule has 0 radical (unpaired) electrons. The second kappa shape index (κ2) is 7.27. The number of nitrogens with one attached hydrogen (secondary N) is 1. The van der Waals surface area contributed by atoms with Crippen LogP contribution in [0.3, 0.4) is 0 Å². The zero-order chi connectivity index (χ0) is 20.8. The van der Waals surface area contributed by atoms with Crippen LogP contribution in [0.5, 0.6) is 0 Å². The number of fused-ring (bicyclic) bond motifs is 3. The molecule has 0 saturated heterocycles. The predicted octanol–water partition coefficient (Wildman–Crippen LogP) is 0.747. The van der Waals surface area contributed by atoms with Gasteiger partial charge in [-0.05, 0) is 31.4 Å². The molecule has 0 unspecified atom stereocenters. The molecule has 10 heteroatoms. The van der Waals surface area contributed by atoms with Crippen molar-refractivity contribution in [1.29, 1.82) is 0 Å². The molecule has 2 aromatic rings. The van der Waals surface area contributed by atoms with Gasteiger partial charge in [-0.2, -0.15) is 4.31 Å². The second-order valence-electron chi connectivity index (χ2n) is 7.54. The molecule has 1 aromatic carbocycles. The minimum Gasteiger partial charge on any atom is -0.348 e. The summed E-state index contributed by atoms with van der Waals surface area (Å²) in [6.07, 6.45) is 4.42. The molecule has 2 amide bonds. The number of carbonyl (C=O) groups is 2. The Hall–Kier alpha value is -2.72. The lowest BCUT2D eigenvalue weighted by atomic mass is 9.93. The van der Waals surface area contributed by atoms with E-state index in [1.807, 2.05) is 0 Å². The van der Waals surface area contributed by atoms with Crippen LogP contribution in [0, 0.1) is 0 Å². The summed E-state index contributed by atoms with van der Waals surface area (Å²) < 4.78 is 29.3. The Kier molecular flexibility index (Phi) is 4.91. The molecule has 1 aliphatic heterocycles. The van der Waals surface area contributed by atoms with Gasteiger partial charge in [-0.1, -0.05) is 12.1 Å². The average molecular weight is 417 g/mol.